The molecule has 0 fully saturated rings. The first-order valence-corrected chi connectivity index (χ1v) is 9.44. The van der Waals surface area contributed by atoms with Crippen LogP contribution in [0.2, 0.25) is 0 Å². The van der Waals surface area contributed by atoms with Crippen molar-refractivity contribution in [1.82, 2.24) is 0 Å². The van der Waals surface area contributed by atoms with Crippen LogP contribution >= 0.6 is 0 Å². The Morgan fingerprint density at radius 1 is 0.833 bits per heavy atom. The average molecular weight is 402 g/mol. The van der Waals surface area contributed by atoms with Crippen molar-refractivity contribution in [2.45, 2.75) is 20.8 Å². The Balaban J connectivity index is 1.66. The molecule has 3 aromatic carbocycles. The average Bonchev–Trinajstić information content (AvgIpc) is 2.96. The minimum absolute atomic E-state index is 0.0468. The molecular weight excluding hydrogens is 383 g/mol. The molecule has 0 bridgehead atoms. The molecule has 0 spiro atoms. The van der Waals surface area contributed by atoms with Gasteiger partial charge in [0.15, 0.2) is 0 Å². The van der Waals surface area contributed by atoms with Crippen molar-refractivity contribution in [3.8, 4) is 0 Å². The van der Waals surface area contributed by atoms with Crippen LogP contribution < -0.4 is 10.2 Å². The Hall–Kier alpha value is -3.80. The molecule has 0 aromatic heterocycles. The van der Waals surface area contributed by atoms with Crippen LogP contribution in [0.4, 0.5) is 15.8 Å². The number of nitrogens with one attached hydrogen (secondary N) is 1. The lowest BCUT2D eigenvalue weighted by molar-refractivity contribution is 0.0925. The Labute approximate surface area is 173 Å². The number of hydrogen-bond donors (Lipinski definition) is 1. The lowest BCUT2D eigenvalue weighted by Gasteiger charge is -2.17. The van der Waals surface area contributed by atoms with Crippen molar-refractivity contribution < 1.29 is 18.8 Å². The predicted octanol–water partition coefficient (Wildman–Crippen LogP) is 4.80. The summed E-state index contributed by atoms with van der Waals surface area (Å²) < 4.78 is 14.0. The summed E-state index contributed by atoms with van der Waals surface area (Å²) in [4.78, 5) is 39.6. The topological polar surface area (TPSA) is 66.5 Å². The van der Waals surface area contributed by atoms with Crippen LogP contribution in [0.1, 0.15) is 47.8 Å². The highest BCUT2D eigenvalue weighted by atomic mass is 19.1. The van der Waals surface area contributed by atoms with Gasteiger partial charge in [-0.1, -0.05) is 18.2 Å². The number of nitrogens with zero attached hydrogens (tertiary/aromatic N) is 1. The number of imide groups is 1. The number of halogens is 1. The molecule has 0 saturated carbocycles. The normalized spacial score (nSPS) is 12.9. The molecule has 150 valence electrons. The van der Waals surface area contributed by atoms with Crippen molar-refractivity contribution in [3.05, 3.63) is 93.8 Å². The van der Waals surface area contributed by atoms with E-state index in [1.165, 1.54) is 30.3 Å². The standard InChI is InChI=1S/C24H19FN2O3/c1-13-5-9-20(19(25)10-13)26-22(28)16-7-8-17-18(12-16)24(30)27(23(17)29)21-11-14(2)4-6-15(21)3/h4-12H,1-3H3,(H,26,28). The monoisotopic (exact) mass is 402 g/mol. The molecule has 5 nitrogen and oxygen atoms in total. The van der Waals surface area contributed by atoms with Gasteiger partial charge >= 0.3 is 0 Å². The second-order valence-corrected chi connectivity index (χ2v) is 7.43. The third-order valence-electron chi connectivity index (χ3n) is 5.13. The van der Waals surface area contributed by atoms with Gasteiger partial charge in [0, 0.05) is 5.56 Å². The lowest BCUT2D eigenvalue weighted by atomic mass is 10.1. The number of fused-ring (bicyclic) bond motifs is 1. The molecule has 0 unspecified atom stereocenters. The quantitative estimate of drug-likeness (QED) is 0.640. The fourth-order valence-corrected chi connectivity index (χ4v) is 3.48. The van der Waals surface area contributed by atoms with E-state index in [1.54, 1.807) is 19.1 Å². The molecule has 4 rings (SSSR count). The zero-order valence-electron chi connectivity index (χ0n) is 16.7. The largest absolute Gasteiger partial charge is 0.319 e. The summed E-state index contributed by atoms with van der Waals surface area (Å²) >= 11 is 0. The highest BCUT2D eigenvalue weighted by Gasteiger charge is 2.37. The van der Waals surface area contributed by atoms with Gasteiger partial charge in [0.25, 0.3) is 17.7 Å². The van der Waals surface area contributed by atoms with Gasteiger partial charge in [-0.2, -0.15) is 0 Å². The summed E-state index contributed by atoms with van der Waals surface area (Å²) in [6, 6.07) is 14.3. The summed E-state index contributed by atoms with van der Waals surface area (Å²) in [6.45, 7) is 5.46. The van der Waals surface area contributed by atoms with E-state index in [0.717, 1.165) is 21.6 Å². The van der Waals surface area contributed by atoms with Crippen LogP contribution in [-0.4, -0.2) is 17.7 Å². The van der Waals surface area contributed by atoms with Crippen molar-refractivity contribution in [2.24, 2.45) is 0 Å². The maximum absolute atomic E-state index is 14.0. The predicted molar refractivity (Wildman–Crippen MR) is 113 cm³/mol. The van der Waals surface area contributed by atoms with E-state index in [9.17, 15) is 18.8 Å². The lowest BCUT2D eigenvalue weighted by Crippen LogP contribution is -2.30. The minimum atomic E-state index is -0.564. The first-order chi connectivity index (χ1) is 14.3. The zero-order chi connectivity index (χ0) is 21.6. The third-order valence-corrected chi connectivity index (χ3v) is 5.13. The van der Waals surface area contributed by atoms with Crippen molar-refractivity contribution in [1.29, 1.82) is 0 Å². The van der Waals surface area contributed by atoms with Gasteiger partial charge in [-0.3, -0.25) is 14.4 Å². The first-order valence-electron chi connectivity index (χ1n) is 9.44. The third kappa shape index (κ3) is 3.26. The van der Waals surface area contributed by atoms with E-state index in [0.29, 0.717) is 5.69 Å². The van der Waals surface area contributed by atoms with Crippen LogP contribution in [0.25, 0.3) is 0 Å². The van der Waals surface area contributed by atoms with Gasteiger partial charge in [0.2, 0.25) is 0 Å². The molecule has 3 aromatic rings. The summed E-state index contributed by atoms with van der Waals surface area (Å²) in [5.74, 6) is -2.03. The molecule has 0 atom stereocenters. The maximum Gasteiger partial charge on any atom is 0.266 e. The molecule has 0 radical (unpaired) electrons. The van der Waals surface area contributed by atoms with Crippen LogP contribution in [-0.2, 0) is 0 Å². The molecule has 3 amide bonds. The number of benzene rings is 3. The van der Waals surface area contributed by atoms with Crippen molar-refractivity contribution in [2.75, 3.05) is 10.2 Å². The smallest absolute Gasteiger partial charge is 0.266 e. The summed E-state index contributed by atoms with van der Waals surface area (Å²) in [7, 11) is 0. The molecule has 1 aliphatic rings. The van der Waals surface area contributed by atoms with Crippen molar-refractivity contribution in [3.63, 3.8) is 0 Å². The van der Waals surface area contributed by atoms with Gasteiger partial charge < -0.3 is 5.32 Å². The van der Waals surface area contributed by atoms with Gasteiger partial charge in [-0.05, 0) is 73.9 Å². The first kappa shape index (κ1) is 19.5. The van der Waals surface area contributed by atoms with E-state index in [2.05, 4.69) is 5.32 Å². The fourth-order valence-electron chi connectivity index (χ4n) is 3.48. The van der Waals surface area contributed by atoms with E-state index in [4.69, 9.17) is 0 Å². The Kier molecular flexibility index (Phi) is 4.70. The van der Waals surface area contributed by atoms with Gasteiger partial charge in [0.05, 0.1) is 22.5 Å². The number of aryl methyl sites for hydroxylation is 3. The minimum Gasteiger partial charge on any atom is -0.319 e. The van der Waals surface area contributed by atoms with E-state index >= 15 is 0 Å². The Morgan fingerprint density at radius 2 is 1.50 bits per heavy atom. The van der Waals surface area contributed by atoms with Crippen LogP contribution in [0.3, 0.4) is 0 Å². The summed E-state index contributed by atoms with van der Waals surface area (Å²) in [6.07, 6.45) is 0. The fraction of sp³-hybridized carbons (Fsp3) is 0.125. The Morgan fingerprint density at radius 3 is 2.23 bits per heavy atom. The summed E-state index contributed by atoms with van der Waals surface area (Å²) in [5, 5.41) is 2.51. The molecule has 1 heterocycles. The second-order valence-electron chi connectivity index (χ2n) is 7.43. The van der Waals surface area contributed by atoms with Crippen LogP contribution in [0.5, 0.6) is 0 Å². The zero-order valence-corrected chi connectivity index (χ0v) is 16.7. The molecular formula is C24H19FN2O3. The highest BCUT2D eigenvalue weighted by Crippen LogP contribution is 2.32. The van der Waals surface area contributed by atoms with Crippen molar-refractivity contribution >= 4 is 29.1 Å². The van der Waals surface area contributed by atoms with Gasteiger partial charge in [-0.25, -0.2) is 9.29 Å². The number of carbonyl (C=O) groups is 3. The molecule has 30 heavy (non-hydrogen) atoms. The molecule has 1 N–H and O–H groups in total. The molecule has 6 heteroatoms. The SMILES string of the molecule is Cc1ccc(NC(=O)c2ccc3c(c2)C(=O)N(c2cc(C)ccc2C)C3=O)c(F)c1. The van der Waals surface area contributed by atoms with E-state index in [-0.39, 0.29) is 22.4 Å². The second kappa shape index (κ2) is 7.22. The maximum atomic E-state index is 14.0. The number of amides is 3. The highest BCUT2D eigenvalue weighted by molar-refractivity contribution is 6.35. The van der Waals surface area contributed by atoms with E-state index < -0.39 is 23.5 Å². The van der Waals surface area contributed by atoms with Crippen LogP contribution in [0.15, 0.2) is 54.6 Å². The van der Waals surface area contributed by atoms with E-state index in [1.807, 2.05) is 26.0 Å². The number of carbonyl (C=O) groups excluding carboxylic acids is 3. The van der Waals surface area contributed by atoms with Gasteiger partial charge in [-0.15, -0.1) is 0 Å². The number of rotatable bonds is 3. The Bertz CT molecular complexity index is 1230. The molecule has 0 aliphatic carbocycles. The number of hydrogen-bond acceptors (Lipinski definition) is 3. The molecule has 0 saturated heterocycles. The number of anilines is 2. The molecule has 1 aliphatic heterocycles. The summed E-state index contributed by atoms with van der Waals surface area (Å²) in [5.41, 5.74) is 3.57. The van der Waals surface area contributed by atoms with Crippen LogP contribution in [0, 0.1) is 26.6 Å². The van der Waals surface area contributed by atoms with Gasteiger partial charge in [0.1, 0.15) is 5.82 Å².